The number of nitrogens with two attached hydrogens (primary N) is 2. The number of hydrogen-bond donors (Lipinski definition) is 2. The standard InChI is InChI=1S/C20H16FN5O2S/c1-11(19(24)28)26(15-8-6-14(21)7-9-15)20-25-18(23)17(29-20)16(27)13-4-2-12(10-22)3-5-13/h2-9,11H,23H2,1H3,(H2,24,28)/t11-/m0/s1. The molecule has 0 aliphatic rings. The number of ketones is 1. The normalized spacial score (nSPS) is 11.5. The molecule has 4 N–H and O–H groups in total. The molecule has 1 amide bonds. The first kappa shape index (κ1) is 20.0. The predicted molar refractivity (Wildman–Crippen MR) is 108 cm³/mol. The van der Waals surface area contributed by atoms with Crippen molar-refractivity contribution in [1.82, 2.24) is 4.98 Å². The molecule has 0 saturated carbocycles. The van der Waals surface area contributed by atoms with Crippen LogP contribution in [0.3, 0.4) is 0 Å². The van der Waals surface area contributed by atoms with Crippen molar-refractivity contribution >= 4 is 39.7 Å². The third-order valence-electron chi connectivity index (χ3n) is 4.23. The fourth-order valence-electron chi connectivity index (χ4n) is 2.64. The highest BCUT2D eigenvalue weighted by atomic mass is 32.1. The third-order valence-corrected chi connectivity index (χ3v) is 5.30. The summed E-state index contributed by atoms with van der Waals surface area (Å²) in [4.78, 5) is 30.6. The van der Waals surface area contributed by atoms with Gasteiger partial charge in [-0.15, -0.1) is 0 Å². The van der Waals surface area contributed by atoms with Crippen LogP contribution in [0.4, 0.5) is 21.0 Å². The van der Waals surface area contributed by atoms with E-state index >= 15 is 0 Å². The van der Waals surface area contributed by atoms with Crippen LogP contribution in [-0.4, -0.2) is 22.7 Å². The van der Waals surface area contributed by atoms with Crippen LogP contribution >= 0.6 is 11.3 Å². The Hall–Kier alpha value is -3.77. The van der Waals surface area contributed by atoms with Gasteiger partial charge in [-0.3, -0.25) is 9.59 Å². The average Bonchev–Trinajstić information content (AvgIpc) is 3.10. The number of rotatable bonds is 6. The number of benzene rings is 2. The lowest BCUT2D eigenvalue weighted by molar-refractivity contribution is -0.118. The molecule has 2 aromatic carbocycles. The van der Waals surface area contributed by atoms with E-state index in [0.717, 1.165) is 11.3 Å². The molecule has 0 aliphatic heterocycles. The van der Waals surface area contributed by atoms with Gasteiger partial charge in [0.25, 0.3) is 0 Å². The number of thiazole rings is 1. The zero-order valence-electron chi connectivity index (χ0n) is 15.3. The summed E-state index contributed by atoms with van der Waals surface area (Å²) in [6.45, 7) is 1.57. The smallest absolute Gasteiger partial charge is 0.240 e. The lowest BCUT2D eigenvalue weighted by Crippen LogP contribution is -2.39. The van der Waals surface area contributed by atoms with E-state index in [1.54, 1.807) is 6.92 Å². The van der Waals surface area contributed by atoms with Gasteiger partial charge in [0.1, 0.15) is 22.6 Å². The summed E-state index contributed by atoms with van der Waals surface area (Å²) in [5.41, 5.74) is 12.7. The minimum absolute atomic E-state index is 0.00291. The summed E-state index contributed by atoms with van der Waals surface area (Å²) in [5, 5.41) is 9.16. The number of primary amides is 1. The molecule has 0 saturated heterocycles. The largest absolute Gasteiger partial charge is 0.382 e. The SMILES string of the molecule is C[C@@H](C(N)=O)N(c1ccc(F)cc1)c1nc(N)c(C(=O)c2ccc(C#N)cc2)s1. The number of carbonyl (C=O) groups excluding carboxylic acids is 2. The number of nitriles is 1. The highest BCUT2D eigenvalue weighted by Gasteiger charge is 2.27. The van der Waals surface area contributed by atoms with Gasteiger partial charge in [-0.1, -0.05) is 11.3 Å². The number of carbonyl (C=O) groups is 2. The maximum absolute atomic E-state index is 13.3. The van der Waals surface area contributed by atoms with E-state index in [-0.39, 0.29) is 21.6 Å². The van der Waals surface area contributed by atoms with Crippen molar-refractivity contribution in [3.8, 4) is 6.07 Å². The van der Waals surface area contributed by atoms with E-state index in [9.17, 15) is 14.0 Å². The Balaban J connectivity index is 2.02. The number of amides is 1. The van der Waals surface area contributed by atoms with Gasteiger partial charge in [0.2, 0.25) is 11.7 Å². The Labute approximate surface area is 170 Å². The summed E-state index contributed by atoms with van der Waals surface area (Å²) < 4.78 is 13.3. The molecule has 3 rings (SSSR count). The van der Waals surface area contributed by atoms with Gasteiger partial charge in [0.05, 0.1) is 11.6 Å². The molecule has 1 atom stereocenters. The van der Waals surface area contributed by atoms with Crippen LogP contribution in [0.25, 0.3) is 0 Å². The van der Waals surface area contributed by atoms with E-state index in [0.29, 0.717) is 16.8 Å². The van der Waals surface area contributed by atoms with E-state index < -0.39 is 17.8 Å². The number of anilines is 3. The number of hydrogen-bond acceptors (Lipinski definition) is 7. The predicted octanol–water partition coefficient (Wildman–Crippen LogP) is 2.98. The molecule has 0 radical (unpaired) electrons. The van der Waals surface area contributed by atoms with E-state index in [1.807, 2.05) is 6.07 Å². The zero-order valence-corrected chi connectivity index (χ0v) is 16.1. The van der Waals surface area contributed by atoms with Crippen molar-refractivity contribution in [2.45, 2.75) is 13.0 Å². The fourth-order valence-corrected chi connectivity index (χ4v) is 3.69. The van der Waals surface area contributed by atoms with Gasteiger partial charge in [-0.05, 0) is 55.5 Å². The summed E-state index contributed by atoms with van der Waals surface area (Å²) >= 11 is 0.999. The van der Waals surface area contributed by atoms with Crippen LogP contribution in [0.1, 0.15) is 27.7 Å². The highest BCUT2D eigenvalue weighted by Crippen LogP contribution is 2.35. The maximum atomic E-state index is 13.3. The van der Waals surface area contributed by atoms with Gasteiger partial charge < -0.3 is 16.4 Å². The molecule has 0 bridgehead atoms. The van der Waals surface area contributed by atoms with Crippen LogP contribution in [0.15, 0.2) is 48.5 Å². The Bertz CT molecular complexity index is 1100. The maximum Gasteiger partial charge on any atom is 0.240 e. The lowest BCUT2D eigenvalue weighted by Gasteiger charge is -2.26. The summed E-state index contributed by atoms with van der Waals surface area (Å²) in [6.07, 6.45) is 0. The molecule has 9 heteroatoms. The second-order valence-corrected chi connectivity index (χ2v) is 7.13. The molecular formula is C20H16FN5O2S. The minimum Gasteiger partial charge on any atom is -0.382 e. The van der Waals surface area contributed by atoms with E-state index in [1.165, 1.54) is 53.4 Å². The van der Waals surface area contributed by atoms with Crippen LogP contribution in [-0.2, 0) is 4.79 Å². The Morgan fingerprint density at radius 3 is 2.34 bits per heavy atom. The van der Waals surface area contributed by atoms with Crippen LogP contribution < -0.4 is 16.4 Å². The second kappa shape index (κ2) is 8.08. The average molecular weight is 409 g/mol. The first-order valence-electron chi connectivity index (χ1n) is 8.47. The molecule has 29 heavy (non-hydrogen) atoms. The van der Waals surface area contributed by atoms with Crippen molar-refractivity contribution in [2.75, 3.05) is 10.6 Å². The van der Waals surface area contributed by atoms with Gasteiger partial charge >= 0.3 is 0 Å². The lowest BCUT2D eigenvalue weighted by atomic mass is 10.1. The van der Waals surface area contributed by atoms with Crippen molar-refractivity contribution in [1.29, 1.82) is 5.26 Å². The number of halogens is 1. The molecule has 7 nitrogen and oxygen atoms in total. The van der Waals surface area contributed by atoms with Crippen LogP contribution in [0.5, 0.6) is 0 Å². The molecule has 0 unspecified atom stereocenters. The molecule has 1 aromatic heterocycles. The number of aromatic nitrogens is 1. The van der Waals surface area contributed by atoms with Gasteiger partial charge in [-0.25, -0.2) is 9.37 Å². The van der Waals surface area contributed by atoms with E-state index in [2.05, 4.69) is 4.98 Å². The summed E-state index contributed by atoms with van der Waals surface area (Å²) in [6, 6.07) is 12.8. The molecule has 1 heterocycles. The molecule has 0 aliphatic carbocycles. The number of nitrogen functional groups attached to an aromatic ring is 1. The molecular weight excluding hydrogens is 393 g/mol. The van der Waals surface area contributed by atoms with Crippen molar-refractivity contribution in [2.24, 2.45) is 5.73 Å². The Kier molecular flexibility index (Phi) is 5.57. The topological polar surface area (TPSA) is 126 Å². The highest BCUT2D eigenvalue weighted by molar-refractivity contribution is 7.18. The first-order valence-corrected chi connectivity index (χ1v) is 9.28. The second-order valence-electron chi connectivity index (χ2n) is 6.15. The zero-order chi connectivity index (χ0) is 21.1. The molecule has 0 fully saturated rings. The number of nitrogens with zero attached hydrogens (tertiary/aromatic N) is 3. The Morgan fingerprint density at radius 1 is 1.17 bits per heavy atom. The fraction of sp³-hybridized carbons (Fsp3) is 0.100. The van der Waals surface area contributed by atoms with Gasteiger partial charge in [0, 0.05) is 11.3 Å². The first-order chi connectivity index (χ1) is 13.8. The minimum atomic E-state index is -0.816. The Morgan fingerprint density at radius 2 is 1.79 bits per heavy atom. The molecule has 0 spiro atoms. The summed E-state index contributed by atoms with van der Waals surface area (Å²) in [5.74, 6) is -1.41. The van der Waals surface area contributed by atoms with Crippen LogP contribution in [0.2, 0.25) is 0 Å². The molecule has 3 aromatic rings. The summed E-state index contributed by atoms with van der Waals surface area (Å²) in [7, 11) is 0. The van der Waals surface area contributed by atoms with Crippen molar-refractivity contribution in [3.05, 3.63) is 70.4 Å². The van der Waals surface area contributed by atoms with Crippen molar-refractivity contribution in [3.63, 3.8) is 0 Å². The quantitative estimate of drug-likeness (QED) is 0.603. The van der Waals surface area contributed by atoms with Crippen LogP contribution in [0, 0.1) is 17.1 Å². The monoisotopic (exact) mass is 409 g/mol. The van der Waals surface area contributed by atoms with Gasteiger partial charge in [-0.2, -0.15) is 5.26 Å². The van der Waals surface area contributed by atoms with Gasteiger partial charge in [0.15, 0.2) is 5.13 Å². The van der Waals surface area contributed by atoms with E-state index in [4.69, 9.17) is 16.7 Å². The third kappa shape index (κ3) is 4.07. The van der Waals surface area contributed by atoms with Crippen molar-refractivity contribution < 1.29 is 14.0 Å². The molecule has 146 valence electrons.